The van der Waals surface area contributed by atoms with Crippen molar-refractivity contribution < 1.29 is 22.4 Å². The maximum Gasteiger partial charge on any atom is 0.234 e. The van der Waals surface area contributed by atoms with Crippen LogP contribution in [0.4, 0.5) is 16.2 Å². The molecule has 16 heteroatoms. The summed E-state index contributed by atoms with van der Waals surface area (Å²) < 4.78 is 41.1. The van der Waals surface area contributed by atoms with Crippen molar-refractivity contribution in [1.29, 1.82) is 0 Å². The summed E-state index contributed by atoms with van der Waals surface area (Å²) in [6.45, 7) is 6.96. The van der Waals surface area contributed by atoms with Gasteiger partial charge in [-0.3, -0.25) is 14.9 Å². The second-order valence-corrected chi connectivity index (χ2v) is 19.5. The van der Waals surface area contributed by atoms with E-state index in [-0.39, 0.29) is 47.1 Å². The van der Waals surface area contributed by atoms with Gasteiger partial charge in [0.1, 0.15) is 16.9 Å². The molecule has 3 saturated heterocycles. The zero-order chi connectivity index (χ0) is 40.6. The molecule has 4 fully saturated rings. The lowest BCUT2D eigenvalue weighted by Crippen LogP contribution is -2.45. The molecule has 1 aliphatic carbocycles. The van der Waals surface area contributed by atoms with Crippen LogP contribution in [0.2, 0.25) is 0 Å². The first-order valence-corrected chi connectivity index (χ1v) is 23.0. The summed E-state index contributed by atoms with van der Waals surface area (Å²) >= 11 is 1.51. The van der Waals surface area contributed by atoms with E-state index in [4.69, 9.17) is 20.8 Å². The molecular formula is C42H52FN9O4S2. The van der Waals surface area contributed by atoms with Gasteiger partial charge in [0.05, 0.1) is 27.2 Å². The Morgan fingerprint density at radius 1 is 0.966 bits per heavy atom. The number of benzene rings is 1. The number of nitrogens with one attached hydrogen (secondary N) is 1. The van der Waals surface area contributed by atoms with Crippen LogP contribution in [0.1, 0.15) is 111 Å². The maximum absolute atomic E-state index is 16.3. The Hall–Kier alpha value is -4.38. The molecule has 2 unspecified atom stereocenters. The molecule has 5 N–H and O–H groups in total. The molecule has 3 aliphatic heterocycles. The Balaban J connectivity index is 0.871. The molecule has 4 aliphatic rings. The number of hydrogen-bond donors (Lipinski definition) is 3. The largest absolute Gasteiger partial charge is 0.368 e. The van der Waals surface area contributed by atoms with Crippen LogP contribution in [0.15, 0.2) is 48.8 Å². The molecule has 58 heavy (non-hydrogen) atoms. The van der Waals surface area contributed by atoms with E-state index in [0.717, 1.165) is 87.6 Å². The minimum absolute atomic E-state index is 0.0366. The highest BCUT2D eigenvalue weighted by Crippen LogP contribution is 2.51. The zero-order valence-corrected chi connectivity index (χ0v) is 34.5. The fraction of sp³-hybridized carbons (Fsp3) is 0.524. The van der Waals surface area contributed by atoms with Gasteiger partial charge in [0.15, 0.2) is 0 Å². The quantitative estimate of drug-likeness (QED) is 0.152. The smallest absolute Gasteiger partial charge is 0.234 e. The van der Waals surface area contributed by atoms with Crippen LogP contribution in [-0.2, 0) is 19.6 Å². The summed E-state index contributed by atoms with van der Waals surface area (Å²) in [5.74, 6) is 0.542. The van der Waals surface area contributed by atoms with Crippen LogP contribution < -0.4 is 21.1 Å². The highest BCUT2D eigenvalue weighted by molar-refractivity contribution is 7.89. The number of sulfonamides is 1. The second-order valence-electron chi connectivity index (χ2n) is 16.7. The van der Waals surface area contributed by atoms with E-state index in [1.165, 1.54) is 30.2 Å². The third-order valence-electron chi connectivity index (χ3n) is 13.1. The maximum atomic E-state index is 16.3. The fourth-order valence-electron chi connectivity index (χ4n) is 9.68. The zero-order valence-electron chi connectivity index (χ0n) is 32.9. The number of imide groups is 1. The molecule has 1 aromatic carbocycles. The summed E-state index contributed by atoms with van der Waals surface area (Å²) in [6.07, 6.45) is 13.3. The van der Waals surface area contributed by atoms with Gasteiger partial charge in [0.25, 0.3) is 0 Å². The van der Waals surface area contributed by atoms with Gasteiger partial charge in [-0.1, -0.05) is 25.1 Å². The molecule has 1 spiro atoms. The van der Waals surface area contributed by atoms with Gasteiger partial charge in [0, 0.05) is 55.5 Å². The number of anilines is 2. The molecule has 2 amide bonds. The Bertz CT molecular complexity index is 2240. The standard InChI is InChI=1S/C42H52FN9O4S2/c1-2-33(58(45,55)56)30-4-3-5-31(36(30)43)37-38(32-12-19-46-41(44)48-32)57-40(50-37)27-10-15-42(16-11-27)17-22-51(23-18-42)25-26-13-20-52(21-14-26)34-8-6-28(24-47-34)29-7-9-35(53)49-39(29)54/h3-6,8,12,19,24,26-27,29,33H,2,7,9-11,13-18,20-23,25H2,1H3,(H2,44,46,48)(H2,45,55,56)(H,49,53,54). The first-order valence-electron chi connectivity index (χ1n) is 20.6. The van der Waals surface area contributed by atoms with Gasteiger partial charge in [0.2, 0.25) is 27.8 Å². The highest BCUT2D eigenvalue weighted by Gasteiger charge is 2.40. The number of amides is 2. The monoisotopic (exact) mass is 829 g/mol. The molecule has 4 aromatic rings. The molecular weight excluding hydrogens is 778 g/mol. The average molecular weight is 830 g/mol. The first kappa shape index (κ1) is 40.4. The summed E-state index contributed by atoms with van der Waals surface area (Å²) in [6, 6.07) is 10.5. The average Bonchev–Trinajstić information content (AvgIpc) is 3.65. The number of halogens is 1. The van der Waals surface area contributed by atoms with Crippen LogP contribution in [-0.4, -0.2) is 77.8 Å². The number of nitrogens with zero attached hydrogens (tertiary/aromatic N) is 6. The van der Waals surface area contributed by atoms with Crippen molar-refractivity contribution in [2.45, 2.75) is 94.6 Å². The number of thiazole rings is 1. The predicted octanol–water partition coefficient (Wildman–Crippen LogP) is 6.30. The molecule has 1 saturated carbocycles. The van der Waals surface area contributed by atoms with Crippen LogP contribution in [0.3, 0.4) is 0 Å². The number of rotatable bonds is 10. The van der Waals surface area contributed by atoms with Crippen molar-refractivity contribution in [3.8, 4) is 21.8 Å². The highest BCUT2D eigenvalue weighted by atomic mass is 32.2. The number of likely N-dealkylation sites (tertiary alicyclic amines) is 1. The van der Waals surface area contributed by atoms with Crippen molar-refractivity contribution in [2.24, 2.45) is 16.5 Å². The van der Waals surface area contributed by atoms with Gasteiger partial charge in [-0.2, -0.15) is 0 Å². The normalized spacial score (nSPS) is 21.6. The van der Waals surface area contributed by atoms with Gasteiger partial charge >= 0.3 is 0 Å². The number of nitrogen functional groups attached to an aromatic ring is 1. The number of aromatic nitrogens is 4. The van der Waals surface area contributed by atoms with E-state index in [9.17, 15) is 18.0 Å². The lowest BCUT2D eigenvalue weighted by Gasteiger charge is -2.46. The number of nitrogens with two attached hydrogens (primary N) is 2. The van der Waals surface area contributed by atoms with Gasteiger partial charge in [-0.25, -0.2) is 37.9 Å². The van der Waals surface area contributed by atoms with Gasteiger partial charge < -0.3 is 15.5 Å². The summed E-state index contributed by atoms with van der Waals surface area (Å²) in [4.78, 5) is 47.8. The van der Waals surface area contributed by atoms with Crippen LogP contribution in [0.25, 0.3) is 21.8 Å². The molecule has 0 radical (unpaired) electrons. The lowest BCUT2D eigenvalue weighted by atomic mass is 9.65. The number of primary sulfonamides is 1. The van der Waals surface area contributed by atoms with Crippen molar-refractivity contribution >= 4 is 44.9 Å². The van der Waals surface area contributed by atoms with E-state index in [0.29, 0.717) is 40.4 Å². The SMILES string of the molecule is CCC(c1cccc(-c2nc(C3CCC4(CC3)CCN(CC3CCN(c5ccc(C6CCC(=O)NC6=O)cn5)CC3)CC4)sc2-c2ccnc(N)n2)c1F)S(N)(=O)=O. The van der Waals surface area contributed by atoms with Crippen molar-refractivity contribution in [2.75, 3.05) is 43.4 Å². The fourth-order valence-corrected chi connectivity index (χ4v) is 11.9. The second kappa shape index (κ2) is 16.7. The summed E-state index contributed by atoms with van der Waals surface area (Å²) in [5.41, 5.74) is 8.41. The molecule has 6 heterocycles. The number of carbonyl (C=O) groups excluding carboxylic acids is 2. The van der Waals surface area contributed by atoms with Gasteiger partial charge in [-0.15, -0.1) is 11.3 Å². The molecule has 0 bridgehead atoms. The molecule has 308 valence electrons. The van der Waals surface area contributed by atoms with Crippen LogP contribution in [0.5, 0.6) is 0 Å². The van der Waals surface area contributed by atoms with E-state index in [1.807, 2.05) is 12.1 Å². The number of hydrogen-bond acceptors (Lipinski definition) is 12. The molecule has 2 atom stereocenters. The van der Waals surface area contributed by atoms with Crippen molar-refractivity contribution in [1.82, 2.24) is 30.2 Å². The van der Waals surface area contributed by atoms with E-state index in [2.05, 4.69) is 25.1 Å². The minimum Gasteiger partial charge on any atom is -0.368 e. The summed E-state index contributed by atoms with van der Waals surface area (Å²) in [7, 11) is -4.03. The Morgan fingerprint density at radius 3 is 2.38 bits per heavy atom. The Labute approximate surface area is 343 Å². The molecule has 13 nitrogen and oxygen atoms in total. The van der Waals surface area contributed by atoms with Crippen molar-refractivity contribution in [3.63, 3.8) is 0 Å². The Morgan fingerprint density at radius 2 is 1.72 bits per heavy atom. The van der Waals surface area contributed by atoms with E-state index in [1.54, 1.807) is 37.5 Å². The topological polar surface area (TPSA) is 190 Å². The number of piperidine rings is 3. The molecule has 8 rings (SSSR count). The van der Waals surface area contributed by atoms with E-state index < -0.39 is 21.1 Å². The lowest BCUT2D eigenvalue weighted by molar-refractivity contribution is -0.134. The number of pyridine rings is 1. The van der Waals surface area contributed by atoms with Crippen molar-refractivity contribution in [3.05, 3.63) is 70.7 Å². The molecule has 3 aromatic heterocycles. The predicted molar refractivity (Wildman–Crippen MR) is 223 cm³/mol. The third kappa shape index (κ3) is 8.52. The third-order valence-corrected chi connectivity index (χ3v) is 15.7. The summed E-state index contributed by atoms with van der Waals surface area (Å²) in [5, 5.41) is 7.72. The Kier molecular flexibility index (Phi) is 11.6. The van der Waals surface area contributed by atoms with Crippen LogP contribution >= 0.6 is 11.3 Å². The van der Waals surface area contributed by atoms with Gasteiger partial charge in [-0.05, 0) is 112 Å². The first-order chi connectivity index (χ1) is 27.9. The van der Waals surface area contributed by atoms with Crippen LogP contribution in [0, 0.1) is 17.2 Å². The number of carbonyl (C=O) groups is 2. The minimum atomic E-state index is -4.03. The van der Waals surface area contributed by atoms with E-state index >= 15 is 4.39 Å².